The summed E-state index contributed by atoms with van der Waals surface area (Å²) >= 11 is 0. The first-order valence-corrected chi connectivity index (χ1v) is 22.7. The summed E-state index contributed by atoms with van der Waals surface area (Å²) in [4.78, 5) is 37.6. The molecule has 0 radical (unpaired) electrons. The number of hydrogen-bond acceptors (Lipinski definition) is 6. The van der Waals surface area contributed by atoms with E-state index in [9.17, 15) is 14.4 Å². The van der Waals surface area contributed by atoms with Gasteiger partial charge in [-0.15, -0.1) is 0 Å². The predicted molar refractivity (Wildman–Crippen MR) is 220 cm³/mol. The largest absolute Gasteiger partial charge is 0.462 e. The van der Waals surface area contributed by atoms with E-state index in [1.807, 2.05) is 0 Å². The van der Waals surface area contributed by atoms with Crippen molar-refractivity contribution in [2.45, 2.75) is 253 Å². The molecule has 308 valence electrons. The Kier molecular flexibility index (Phi) is 37.9. The average Bonchev–Trinajstić information content (AvgIpc) is 3.11. The summed E-state index contributed by atoms with van der Waals surface area (Å²) in [6.07, 6.45) is 36.7. The van der Waals surface area contributed by atoms with Crippen molar-refractivity contribution < 1.29 is 28.6 Å². The van der Waals surface area contributed by atoms with E-state index in [0.717, 1.165) is 69.6 Å². The molecule has 0 amide bonds. The van der Waals surface area contributed by atoms with Crippen molar-refractivity contribution in [3.63, 3.8) is 0 Å². The highest BCUT2D eigenvalue weighted by Crippen LogP contribution is 2.16. The molecule has 6 nitrogen and oxygen atoms in total. The zero-order valence-electron chi connectivity index (χ0n) is 35.4. The second-order valence-corrected chi connectivity index (χ2v) is 16.6. The molecule has 0 aliphatic rings. The smallest absolute Gasteiger partial charge is 0.306 e. The fourth-order valence-electron chi connectivity index (χ4n) is 6.75. The Morgan fingerprint density at radius 2 is 0.635 bits per heavy atom. The van der Waals surface area contributed by atoms with E-state index in [1.165, 1.54) is 135 Å². The Labute approximate surface area is 323 Å². The lowest BCUT2D eigenvalue weighted by Crippen LogP contribution is -2.30. The van der Waals surface area contributed by atoms with Crippen LogP contribution in [-0.2, 0) is 28.6 Å². The van der Waals surface area contributed by atoms with Crippen LogP contribution in [0.4, 0.5) is 0 Å². The van der Waals surface area contributed by atoms with Gasteiger partial charge in [0.05, 0.1) is 0 Å². The second kappa shape index (κ2) is 39.1. The topological polar surface area (TPSA) is 78.9 Å². The molecule has 0 bridgehead atoms. The minimum atomic E-state index is -0.761. The van der Waals surface area contributed by atoms with Crippen LogP contribution in [0.15, 0.2) is 0 Å². The van der Waals surface area contributed by atoms with Crippen LogP contribution in [0.1, 0.15) is 247 Å². The molecular weight excluding hydrogens is 648 g/mol. The molecule has 0 aromatic heterocycles. The fraction of sp³-hybridized carbons (Fsp3) is 0.935. The Balaban J connectivity index is 4.31. The summed E-state index contributed by atoms with van der Waals surface area (Å²) < 4.78 is 16.7. The first-order chi connectivity index (χ1) is 25.2. The number of hydrogen-bond donors (Lipinski definition) is 0. The van der Waals surface area contributed by atoms with Crippen molar-refractivity contribution >= 4 is 17.9 Å². The highest BCUT2D eigenvalue weighted by atomic mass is 16.6. The lowest BCUT2D eigenvalue weighted by atomic mass is 10.0. The number of carbonyl (C=O) groups is 3. The van der Waals surface area contributed by atoms with E-state index in [1.54, 1.807) is 0 Å². The third-order valence-corrected chi connectivity index (χ3v) is 10.2. The normalized spacial score (nSPS) is 12.1. The molecule has 0 aromatic carbocycles. The molecule has 0 spiro atoms. The molecule has 0 aliphatic carbocycles. The number of ether oxygens (including phenoxy) is 3. The van der Waals surface area contributed by atoms with Gasteiger partial charge in [0.15, 0.2) is 6.10 Å². The second-order valence-electron chi connectivity index (χ2n) is 16.6. The van der Waals surface area contributed by atoms with Crippen LogP contribution in [0.5, 0.6) is 0 Å². The molecule has 0 fully saturated rings. The molecule has 0 rings (SSSR count). The molecule has 1 atom stereocenters. The van der Waals surface area contributed by atoms with Gasteiger partial charge in [0.1, 0.15) is 13.2 Å². The maximum Gasteiger partial charge on any atom is 0.306 e. The number of carbonyl (C=O) groups excluding carboxylic acids is 3. The van der Waals surface area contributed by atoms with Gasteiger partial charge in [-0.05, 0) is 31.1 Å². The highest BCUT2D eigenvalue weighted by Gasteiger charge is 2.19. The Bertz CT molecular complexity index is 794. The summed E-state index contributed by atoms with van der Waals surface area (Å²) in [5.74, 6) is 0.704. The summed E-state index contributed by atoms with van der Waals surface area (Å²) in [7, 11) is 0. The van der Waals surface area contributed by atoms with Crippen molar-refractivity contribution in [1.82, 2.24) is 0 Å². The van der Waals surface area contributed by atoms with Gasteiger partial charge < -0.3 is 14.2 Å². The molecule has 0 heterocycles. The molecule has 0 N–H and O–H groups in total. The van der Waals surface area contributed by atoms with E-state index in [4.69, 9.17) is 14.2 Å². The third kappa shape index (κ3) is 39.6. The Morgan fingerprint density at radius 3 is 0.942 bits per heavy atom. The zero-order valence-corrected chi connectivity index (χ0v) is 35.4. The van der Waals surface area contributed by atoms with Gasteiger partial charge in [-0.25, -0.2) is 0 Å². The van der Waals surface area contributed by atoms with Crippen LogP contribution in [-0.4, -0.2) is 37.2 Å². The number of rotatable bonds is 40. The van der Waals surface area contributed by atoms with E-state index in [2.05, 4.69) is 34.6 Å². The van der Waals surface area contributed by atoms with Gasteiger partial charge in [0.25, 0.3) is 0 Å². The molecular formula is C46H88O6. The lowest BCUT2D eigenvalue weighted by molar-refractivity contribution is -0.167. The van der Waals surface area contributed by atoms with Gasteiger partial charge in [0, 0.05) is 19.3 Å². The fourth-order valence-corrected chi connectivity index (χ4v) is 6.75. The molecule has 0 saturated heterocycles. The minimum absolute atomic E-state index is 0.0659. The van der Waals surface area contributed by atoms with Crippen molar-refractivity contribution in [2.75, 3.05) is 13.2 Å². The zero-order chi connectivity index (χ0) is 38.3. The van der Waals surface area contributed by atoms with E-state index < -0.39 is 6.10 Å². The van der Waals surface area contributed by atoms with E-state index >= 15 is 0 Å². The predicted octanol–water partition coefficient (Wildman–Crippen LogP) is 14.2. The van der Waals surface area contributed by atoms with Gasteiger partial charge in [-0.2, -0.15) is 0 Å². The highest BCUT2D eigenvalue weighted by molar-refractivity contribution is 5.71. The van der Waals surface area contributed by atoms with Gasteiger partial charge in [-0.1, -0.05) is 208 Å². The summed E-state index contributed by atoms with van der Waals surface area (Å²) in [5.41, 5.74) is 0. The van der Waals surface area contributed by atoms with Crippen molar-refractivity contribution in [3.8, 4) is 0 Å². The van der Waals surface area contributed by atoms with Crippen molar-refractivity contribution in [2.24, 2.45) is 11.8 Å². The third-order valence-electron chi connectivity index (χ3n) is 10.2. The van der Waals surface area contributed by atoms with E-state index in [0.29, 0.717) is 19.3 Å². The van der Waals surface area contributed by atoms with E-state index in [-0.39, 0.29) is 31.1 Å². The standard InChI is InChI=1S/C46H88O6/c1-6-7-8-9-10-11-12-13-14-17-20-26-31-36-44(47)50-39-43(52-46(49)38-33-28-23-22-25-30-35-42(4)5)40-51-45(48)37-32-27-21-18-15-16-19-24-29-34-41(2)3/h41-43H,6-40H2,1-5H3/t43-/m0/s1. The molecule has 0 unspecified atom stereocenters. The summed E-state index contributed by atoms with van der Waals surface area (Å²) in [6.45, 7) is 11.2. The quantitative estimate of drug-likeness (QED) is 0.0354. The molecule has 52 heavy (non-hydrogen) atoms. The Morgan fingerprint density at radius 1 is 0.365 bits per heavy atom. The first-order valence-electron chi connectivity index (χ1n) is 22.7. The molecule has 0 aromatic rings. The summed E-state index contributed by atoms with van der Waals surface area (Å²) in [5, 5.41) is 0. The monoisotopic (exact) mass is 737 g/mol. The van der Waals surface area contributed by atoms with Crippen LogP contribution in [0.2, 0.25) is 0 Å². The SMILES string of the molecule is CCCCCCCCCCCCCCCC(=O)OC[C@@H](COC(=O)CCCCCCCCCCCC(C)C)OC(=O)CCCCCCCCC(C)C. The molecule has 6 heteroatoms. The maximum atomic E-state index is 12.7. The molecule has 0 saturated carbocycles. The summed E-state index contributed by atoms with van der Waals surface area (Å²) in [6, 6.07) is 0. The average molecular weight is 737 g/mol. The van der Waals surface area contributed by atoms with Gasteiger partial charge >= 0.3 is 17.9 Å². The molecule has 0 aliphatic heterocycles. The van der Waals surface area contributed by atoms with Crippen molar-refractivity contribution in [1.29, 1.82) is 0 Å². The van der Waals surface area contributed by atoms with Gasteiger partial charge in [-0.3, -0.25) is 14.4 Å². The maximum absolute atomic E-state index is 12.7. The first kappa shape index (κ1) is 50.4. The minimum Gasteiger partial charge on any atom is -0.462 e. The van der Waals surface area contributed by atoms with Gasteiger partial charge in [0.2, 0.25) is 0 Å². The van der Waals surface area contributed by atoms with Crippen LogP contribution in [0.3, 0.4) is 0 Å². The Hall–Kier alpha value is -1.59. The number of unbranched alkanes of at least 4 members (excludes halogenated alkanes) is 25. The lowest BCUT2D eigenvalue weighted by Gasteiger charge is -2.18. The van der Waals surface area contributed by atoms with Crippen LogP contribution >= 0.6 is 0 Å². The van der Waals surface area contributed by atoms with Crippen LogP contribution < -0.4 is 0 Å². The van der Waals surface area contributed by atoms with Crippen LogP contribution in [0, 0.1) is 11.8 Å². The van der Waals surface area contributed by atoms with Crippen LogP contribution in [0.25, 0.3) is 0 Å². The van der Waals surface area contributed by atoms with Crippen molar-refractivity contribution in [3.05, 3.63) is 0 Å². The number of esters is 3.